The van der Waals surface area contributed by atoms with Crippen LogP contribution in [0.5, 0.6) is 0 Å². The van der Waals surface area contributed by atoms with Crippen molar-refractivity contribution in [3.05, 3.63) is 53.9 Å². The minimum atomic E-state index is -3.63. The first-order valence-corrected chi connectivity index (χ1v) is 10.1. The van der Waals surface area contributed by atoms with Crippen molar-refractivity contribution in [3.8, 4) is 0 Å². The fraction of sp³-hybridized carbons (Fsp3) is 0.368. The minimum Gasteiger partial charge on any atom is -0.326 e. The van der Waals surface area contributed by atoms with E-state index in [-0.39, 0.29) is 23.3 Å². The Kier molecular flexibility index (Phi) is 5.38. The number of rotatable bonds is 4. The molecule has 1 aliphatic heterocycles. The molecule has 2 aromatic rings. The lowest BCUT2D eigenvalue weighted by Crippen LogP contribution is -2.43. The Bertz CT molecular complexity index is 898. The Hall–Kier alpha value is -2.25. The average molecular weight is 373 g/mol. The van der Waals surface area contributed by atoms with Gasteiger partial charge in [-0.2, -0.15) is 4.31 Å². The molecule has 1 atom stereocenters. The lowest BCUT2D eigenvalue weighted by Gasteiger charge is -2.31. The van der Waals surface area contributed by atoms with E-state index in [0.29, 0.717) is 19.4 Å². The van der Waals surface area contributed by atoms with Gasteiger partial charge in [-0.15, -0.1) is 0 Å². The van der Waals surface area contributed by atoms with Crippen LogP contribution in [0.2, 0.25) is 0 Å². The van der Waals surface area contributed by atoms with Gasteiger partial charge in [-0.3, -0.25) is 9.78 Å². The molecule has 6 nitrogen and oxygen atoms in total. The van der Waals surface area contributed by atoms with Crippen molar-refractivity contribution in [2.45, 2.75) is 31.6 Å². The number of nitrogens with one attached hydrogen (secondary N) is 1. The summed E-state index contributed by atoms with van der Waals surface area (Å²) in [7, 11) is -3.63. The summed E-state index contributed by atoms with van der Waals surface area (Å²) in [6.45, 7) is 4.52. The van der Waals surface area contributed by atoms with Gasteiger partial charge < -0.3 is 5.32 Å². The van der Waals surface area contributed by atoms with Crippen LogP contribution >= 0.6 is 0 Å². The minimum absolute atomic E-state index is 0.134. The molecule has 26 heavy (non-hydrogen) atoms. The molecule has 0 unspecified atom stereocenters. The maximum Gasteiger partial charge on any atom is 0.244 e. The fourth-order valence-electron chi connectivity index (χ4n) is 3.13. The topological polar surface area (TPSA) is 79.4 Å². The van der Waals surface area contributed by atoms with E-state index in [2.05, 4.69) is 10.3 Å². The average Bonchev–Trinajstić information content (AvgIpc) is 2.65. The number of pyridine rings is 1. The van der Waals surface area contributed by atoms with Gasteiger partial charge in [0.25, 0.3) is 0 Å². The Morgan fingerprint density at radius 1 is 1.27 bits per heavy atom. The van der Waals surface area contributed by atoms with Gasteiger partial charge in [-0.05, 0) is 56.0 Å². The van der Waals surface area contributed by atoms with E-state index >= 15 is 0 Å². The highest BCUT2D eigenvalue weighted by Crippen LogP contribution is 2.25. The molecule has 0 spiro atoms. The summed E-state index contributed by atoms with van der Waals surface area (Å²) in [6, 6.07) is 9.02. The van der Waals surface area contributed by atoms with Crippen LogP contribution < -0.4 is 5.32 Å². The van der Waals surface area contributed by atoms with E-state index in [1.807, 2.05) is 32.0 Å². The highest BCUT2D eigenvalue weighted by Gasteiger charge is 2.33. The van der Waals surface area contributed by atoms with Crippen LogP contribution in [0.15, 0.2) is 47.6 Å². The van der Waals surface area contributed by atoms with E-state index in [1.54, 1.807) is 6.07 Å². The predicted molar refractivity (Wildman–Crippen MR) is 100 cm³/mol. The number of carbonyl (C=O) groups excluding carboxylic acids is 1. The molecule has 1 saturated heterocycles. The quantitative estimate of drug-likeness (QED) is 0.894. The highest BCUT2D eigenvalue weighted by atomic mass is 32.2. The Balaban J connectivity index is 1.74. The summed E-state index contributed by atoms with van der Waals surface area (Å²) < 4.78 is 26.9. The molecule has 1 fully saturated rings. The van der Waals surface area contributed by atoms with Crippen molar-refractivity contribution < 1.29 is 13.2 Å². The number of benzene rings is 1. The first kappa shape index (κ1) is 18.5. The van der Waals surface area contributed by atoms with Gasteiger partial charge in [0.15, 0.2) is 0 Å². The van der Waals surface area contributed by atoms with Crippen molar-refractivity contribution >= 4 is 21.6 Å². The number of hydrogen-bond acceptors (Lipinski definition) is 4. The molecule has 138 valence electrons. The number of hydrogen-bond donors (Lipinski definition) is 1. The normalized spacial score (nSPS) is 18.5. The molecule has 2 heterocycles. The third-order valence-electron chi connectivity index (χ3n) is 4.68. The number of aromatic nitrogens is 1. The summed E-state index contributed by atoms with van der Waals surface area (Å²) in [5, 5.41) is 2.96. The van der Waals surface area contributed by atoms with Gasteiger partial charge in [0, 0.05) is 31.2 Å². The van der Waals surface area contributed by atoms with Crippen molar-refractivity contribution in [2.24, 2.45) is 5.92 Å². The number of carbonyl (C=O) groups is 1. The van der Waals surface area contributed by atoms with E-state index in [1.165, 1.54) is 22.8 Å². The van der Waals surface area contributed by atoms with Gasteiger partial charge in [0.1, 0.15) is 4.90 Å². The van der Waals surface area contributed by atoms with Crippen molar-refractivity contribution in [3.63, 3.8) is 0 Å². The molecule has 7 heteroatoms. The maximum absolute atomic E-state index is 12.8. The molecule has 0 bridgehead atoms. The van der Waals surface area contributed by atoms with E-state index < -0.39 is 10.0 Å². The molecule has 1 aromatic heterocycles. The van der Waals surface area contributed by atoms with Crippen LogP contribution in [0.1, 0.15) is 24.0 Å². The molecule has 1 N–H and O–H groups in total. The van der Waals surface area contributed by atoms with Gasteiger partial charge in [0.2, 0.25) is 15.9 Å². The number of anilines is 1. The largest absolute Gasteiger partial charge is 0.326 e. The van der Waals surface area contributed by atoms with Crippen LogP contribution in [-0.4, -0.2) is 36.7 Å². The standard InChI is InChI=1S/C19H23N3O3S/c1-14-7-8-15(2)18(11-14)21-19(23)16-5-4-10-22(13-16)26(24,25)17-6-3-9-20-12-17/h3,6-9,11-12,16H,4-5,10,13H2,1-2H3,(H,21,23)/t16-/m1/s1. The zero-order valence-corrected chi connectivity index (χ0v) is 15.8. The molecular formula is C19H23N3O3S. The van der Waals surface area contributed by atoms with Gasteiger partial charge in [-0.25, -0.2) is 8.42 Å². The summed E-state index contributed by atoms with van der Waals surface area (Å²) >= 11 is 0. The monoisotopic (exact) mass is 373 g/mol. The summed E-state index contributed by atoms with van der Waals surface area (Å²) in [5.74, 6) is -0.500. The van der Waals surface area contributed by atoms with Gasteiger partial charge in [-0.1, -0.05) is 12.1 Å². The van der Waals surface area contributed by atoms with E-state index in [0.717, 1.165) is 16.8 Å². The first-order chi connectivity index (χ1) is 12.4. The second-order valence-corrected chi connectivity index (χ2v) is 8.64. The SMILES string of the molecule is Cc1ccc(C)c(NC(=O)[C@@H]2CCCN(S(=O)(=O)c3cccnc3)C2)c1. The molecular weight excluding hydrogens is 350 g/mol. The van der Waals surface area contributed by atoms with Crippen LogP contribution in [0.25, 0.3) is 0 Å². The summed E-state index contributed by atoms with van der Waals surface area (Å²) in [6.07, 6.45) is 4.21. The number of piperidine rings is 1. The van der Waals surface area contributed by atoms with Crippen LogP contribution in [0, 0.1) is 19.8 Å². The maximum atomic E-state index is 12.8. The summed E-state index contributed by atoms with van der Waals surface area (Å²) in [4.78, 5) is 16.7. The van der Waals surface area contributed by atoms with Gasteiger partial charge in [0.05, 0.1) is 5.92 Å². The van der Waals surface area contributed by atoms with Crippen LogP contribution in [0.3, 0.4) is 0 Å². The molecule has 1 aliphatic rings. The molecule has 0 radical (unpaired) electrons. The summed E-state index contributed by atoms with van der Waals surface area (Å²) in [5.41, 5.74) is 2.83. The van der Waals surface area contributed by atoms with E-state index in [4.69, 9.17) is 0 Å². The Labute approximate surface area is 154 Å². The fourth-order valence-corrected chi connectivity index (χ4v) is 4.62. The molecule has 0 aliphatic carbocycles. The van der Waals surface area contributed by atoms with Gasteiger partial charge >= 0.3 is 0 Å². The molecule has 0 saturated carbocycles. The zero-order chi connectivity index (χ0) is 18.7. The second-order valence-electron chi connectivity index (χ2n) is 6.70. The zero-order valence-electron chi connectivity index (χ0n) is 15.0. The van der Waals surface area contributed by atoms with E-state index in [9.17, 15) is 13.2 Å². The molecule has 3 rings (SSSR count). The smallest absolute Gasteiger partial charge is 0.244 e. The van der Waals surface area contributed by atoms with Crippen molar-refractivity contribution in [2.75, 3.05) is 18.4 Å². The molecule has 1 amide bonds. The number of amides is 1. The molecule has 1 aromatic carbocycles. The highest BCUT2D eigenvalue weighted by molar-refractivity contribution is 7.89. The lowest BCUT2D eigenvalue weighted by molar-refractivity contribution is -0.120. The lowest BCUT2D eigenvalue weighted by atomic mass is 9.98. The Morgan fingerprint density at radius 2 is 2.08 bits per heavy atom. The predicted octanol–water partition coefficient (Wildman–Crippen LogP) is 2.74. The third-order valence-corrected chi connectivity index (χ3v) is 6.53. The van der Waals surface area contributed by atoms with Crippen LogP contribution in [-0.2, 0) is 14.8 Å². The third kappa shape index (κ3) is 3.94. The number of aryl methyl sites for hydroxylation is 2. The van der Waals surface area contributed by atoms with Crippen molar-refractivity contribution in [1.29, 1.82) is 0 Å². The van der Waals surface area contributed by atoms with Crippen LogP contribution in [0.4, 0.5) is 5.69 Å². The first-order valence-electron chi connectivity index (χ1n) is 8.66. The van der Waals surface area contributed by atoms with Crippen molar-refractivity contribution in [1.82, 2.24) is 9.29 Å². The number of sulfonamides is 1. The number of nitrogens with zero attached hydrogens (tertiary/aromatic N) is 2. The second kappa shape index (κ2) is 7.55. The Morgan fingerprint density at radius 3 is 2.81 bits per heavy atom.